The average Bonchev–Trinajstić information content (AvgIpc) is 0.829. The van der Waals surface area contributed by atoms with Gasteiger partial charge in [-0.25, -0.2) is 0 Å². The highest BCUT2D eigenvalue weighted by Gasteiger charge is 2.43. The zero-order valence-electron chi connectivity index (χ0n) is 64.8. The second kappa shape index (κ2) is 46.3. The number of carbonyl (C=O) groups is 11. The standard InChI is InChI=1S/C67H116N6O16S.C8H18/c1-22-24-27-44(13)62(80)50-38-57(77)60(43(11)12)73(20)66(84)48(32-39(3)4)36-56(76)53(34-41(7)8)70(17)65(83)46(15)68-63(81)45(14)35-55(75)52(33-40(5)6)71(18)67(85)49(42(9)10)37-58(78)61(47(16)88-30-25-26-31-89-90(21,86)87)72(19)59(79)29-28-54(74)51(23-2)69-64(50)82;1-4-5-6-7-8(2)3/h22,24,39-53,60-62,80H,23,25-38H2,1-21H3,(H,68,81)(H,69,82);8H,4-7H2,1-3H3/b24-22+;/t44-,45-,46-,47-,48-,49+,50+,51+,52+,53+,60+,61+,62-;/m1./s1. The van der Waals surface area contributed by atoms with Crippen LogP contribution in [0.15, 0.2) is 12.2 Å². The third-order valence-corrected chi connectivity index (χ3v) is 19.2. The van der Waals surface area contributed by atoms with Gasteiger partial charge in [0.15, 0.2) is 28.9 Å². The first-order chi connectivity index (χ1) is 45.4. The van der Waals surface area contributed by atoms with E-state index in [4.69, 9.17) is 8.92 Å². The molecule has 1 heterocycles. The number of Topliss-reactive ketones (excluding diaryl/α,β-unsaturated/α-hetero) is 5. The number of likely N-dealkylation sites (N-methyl/N-ethyl adjacent to an activating group) is 4. The van der Waals surface area contributed by atoms with E-state index in [9.17, 15) is 66.3 Å². The number of nitrogens with one attached hydrogen (secondary N) is 2. The number of rotatable bonds is 25. The predicted molar refractivity (Wildman–Crippen MR) is 385 cm³/mol. The summed E-state index contributed by atoms with van der Waals surface area (Å²) in [6, 6.07) is -6.88. The van der Waals surface area contributed by atoms with Gasteiger partial charge < -0.3 is 40.1 Å². The quantitative estimate of drug-likeness (QED) is 0.0435. The lowest BCUT2D eigenvalue weighted by molar-refractivity contribution is -0.148. The number of allylic oxidation sites excluding steroid dienone is 2. The van der Waals surface area contributed by atoms with Crippen LogP contribution >= 0.6 is 0 Å². The number of hydrogen-bond acceptors (Lipinski definition) is 16. The summed E-state index contributed by atoms with van der Waals surface area (Å²) >= 11 is 0. The molecule has 0 spiro atoms. The van der Waals surface area contributed by atoms with Gasteiger partial charge in [0.2, 0.25) is 35.4 Å². The molecule has 0 aromatic rings. The second-order valence-electron chi connectivity index (χ2n) is 30.3. The molecule has 22 nitrogen and oxygen atoms in total. The van der Waals surface area contributed by atoms with Crippen LogP contribution in [0.4, 0.5) is 0 Å². The number of carbonyl (C=O) groups excluding carboxylic acids is 11. The lowest BCUT2D eigenvalue weighted by Crippen LogP contribution is -2.53. The summed E-state index contributed by atoms with van der Waals surface area (Å²) in [5.74, 6) is -11.6. The number of ketones is 5. The molecule has 0 unspecified atom stereocenters. The number of amides is 6. The van der Waals surface area contributed by atoms with E-state index in [1.54, 1.807) is 61.5 Å². The summed E-state index contributed by atoms with van der Waals surface area (Å²) in [4.78, 5) is 165. The number of unbranched alkanes of at least 4 members (excludes halogenated alkanes) is 3. The van der Waals surface area contributed by atoms with E-state index < -0.39 is 190 Å². The van der Waals surface area contributed by atoms with Crippen LogP contribution < -0.4 is 10.6 Å². The summed E-state index contributed by atoms with van der Waals surface area (Å²) in [7, 11) is 2.09. The molecule has 23 heteroatoms. The molecule has 0 saturated carbocycles. The van der Waals surface area contributed by atoms with Gasteiger partial charge in [-0.1, -0.05) is 149 Å². The number of aliphatic hydroxyl groups excluding tert-OH is 1. The second-order valence-corrected chi connectivity index (χ2v) is 31.9. The SMILES string of the molecule is C/C=C/C[C@@H](C)[C@@H](O)[C@@H]1CC(=O)[C@H](C(C)C)N(C)C(=O)[C@H](CC(C)C)CC(=O)[C@H](CC(C)C)N(C)C(=O)[C@@H](C)NC(=O)[C@H](C)CC(=O)[C@H](CC(C)C)N(C)C(=O)[C@H](C(C)C)CC(=O)[C@H]([C@@H](C)OCCCCOS(C)(=O)=O)N(C)C(=O)CCC(=O)[C@H](CC)NC1=O.CCCCCC(C)C. The minimum Gasteiger partial charge on any atom is -0.392 e. The Morgan fingerprint density at radius 1 is 0.551 bits per heavy atom. The molecule has 566 valence electrons. The summed E-state index contributed by atoms with van der Waals surface area (Å²) in [6.07, 6.45) is 6.97. The van der Waals surface area contributed by atoms with E-state index in [1.165, 1.54) is 82.4 Å². The van der Waals surface area contributed by atoms with Gasteiger partial charge in [0, 0.05) is 91.1 Å². The fraction of sp³-hybridized carbons (Fsp3) is 0.827. The Kier molecular flexibility index (Phi) is 43.8. The van der Waals surface area contributed by atoms with Crippen molar-refractivity contribution in [3.63, 3.8) is 0 Å². The molecule has 13 atom stereocenters. The number of ether oxygens (including phenoxy) is 1. The molecule has 98 heavy (non-hydrogen) atoms. The van der Waals surface area contributed by atoms with Crippen LogP contribution in [0.1, 0.15) is 241 Å². The maximum Gasteiger partial charge on any atom is 0.264 e. The van der Waals surface area contributed by atoms with Crippen molar-refractivity contribution < 1.29 is 75.2 Å². The molecule has 1 aliphatic heterocycles. The summed E-state index contributed by atoms with van der Waals surface area (Å²) in [6.45, 7) is 34.8. The lowest BCUT2D eigenvalue weighted by Gasteiger charge is -2.36. The summed E-state index contributed by atoms with van der Waals surface area (Å²) in [5, 5.41) is 17.5. The van der Waals surface area contributed by atoms with Crippen molar-refractivity contribution in [2.75, 3.05) is 47.7 Å². The average molecular weight is 1410 g/mol. The maximum atomic E-state index is 14.9. The highest BCUT2D eigenvalue weighted by Crippen LogP contribution is 2.30. The Morgan fingerprint density at radius 2 is 1.07 bits per heavy atom. The third-order valence-electron chi connectivity index (χ3n) is 18.7. The smallest absolute Gasteiger partial charge is 0.264 e. The Balaban J connectivity index is 0.0000110. The summed E-state index contributed by atoms with van der Waals surface area (Å²) < 4.78 is 34.1. The molecule has 0 aromatic carbocycles. The Labute approximate surface area is 591 Å². The molecule has 6 amide bonds. The van der Waals surface area contributed by atoms with Gasteiger partial charge >= 0.3 is 0 Å². The van der Waals surface area contributed by atoms with Crippen molar-refractivity contribution in [2.24, 2.45) is 65.1 Å². The Morgan fingerprint density at radius 3 is 1.56 bits per heavy atom. The van der Waals surface area contributed by atoms with E-state index in [1.807, 2.05) is 47.6 Å². The summed E-state index contributed by atoms with van der Waals surface area (Å²) in [5.41, 5.74) is 0. The normalized spacial score (nSPS) is 25.3. The first-order valence-electron chi connectivity index (χ1n) is 36.5. The van der Waals surface area contributed by atoms with E-state index in [2.05, 4.69) is 31.4 Å². The van der Waals surface area contributed by atoms with Crippen molar-refractivity contribution in [1.29, 1.82) is 0 Å². The highest BCUT2D eigenvalue weighted by molar-refractivity contribution is 7.86. The van der Waals surface area contributed by atoms with Gasteiger partial charge in [-0.3, -0.25) is 56.9 Å². The molecule has 0 aromatic heterocycles. The third kappa shape index (κ3) is 33.0. The van der Waals surface area contributed by atoms with Crippen LogP contribution in [0, 0.1) is 65.1 Å². The molecule has 1 rings (SSSR count). The zero-order chi connectivity index (χ0) is 75.8. The van der Waals surface area contributed by atoms with Crippen LogP contribution in [-0.4, -0.2) is 194 Å². The monoisotopic (exact) mass is 1410 g/mol. The predicted octanol–water partition coefficient (Wildman–Crippen LogP) is 10.2. The van der Waals surface area contributed by atoms with E-state index in [0.29, 0.717) is 12.8 Å². The number of nitrogens with zero attached hydrogens (tertiary/aromatic N) is 4. The first-order valence-corrected chi connectivity index (χ1v) is 38.3. The maximum absolute atomic E-state index is 14.9. The van der Waals surface area contributed by atoms with Crippen LogP contribution in [-0.2, 0) is 71.8 Å². The van der Waals surface area contributed by atoms with Crippen LogP contribution in [0.25, 0.3) is 0 Å². The molecule has 0 radical (unpaired) electrons. The Bertz CT molecular complexity index is 2680. The van der Waals surface area contributed by atoms with Crippen molar-refractivity contribution in [3.8, 4) is 0 Å². The van der Waals surface area contributed by atoms with Crippen molar-refractivity contribution in [2.45, 2.75) is 289 Å². The van der Waals surface area contributed by atoms with Gasteiger partial charge in [-0.05, 0) is 107 Å². The molecule has 1 aliphatic rings. The number of hydrogen-bond donors (Lipinski definition) is 3. The fourth-order valence-electron chi connectivity index (χ4n) is 12.7. The lowest BCUT2D eigenvalue weighted by atomic mass is 9.82. The van der Waals surface area contributed by atoms with Crippen LogP contribution in [0.3, 0.4) is 0 Å². The molecule has 0 aliphatic carbocycles. The van der Waals surface area contributed by atoms with E-state index in [-0.39, 0.29) is 75.9 Å². The molecular weight excluding hydrogens is 1270 g/mol. The highest BCUT2D eigenvalue weighted by atomic mass is 32.2. The molecule has 3 N–H and O–H groups in total. The molecule has 1 saturated heterocycles. The van der Waals surface area contributed by atoms with Crippen LogP contribution in [0.5, 0.6) is 0 Å². The van der Waals surface area contributed by atoms with Gasteiger partial charge in [0.1, 0.15) is 12.1 Å². The van der Waals surface area contributed by atoms with Gasteiger partial charge in [0.05, 0.1) is 55.2 Å². The zero-order valence-corrected chi connectivity index (χ0v) is 65.6. The Hall–Kier alpha value is -5.26. The van der Waals surface area contributed by atoms with Gasteiger partial charge in [0.25, 0.3) is 10.1 Å². The first kappa shape index (κ1) is 92.7. The van der Waals surface area contributed by atoms with Gasteiger partial charge in [-0.2, -0.15) is 8.42 Å². The van der Waals surface area contributed by atoms with Crippen LogP contribution in [0.2, 0.25) is 0 Å². The largest absolute Gasteiger partial charge is 0.392 e. The number of aliphatic hydroxyl groups is 1. The molecule has 0 bridgehead atoms. The van der Waals surface area contributed by atoms with Gasteiger partial charge in [-0.15, -0.1) is 0 Å². The van der Waals surface area contributed by atoms with Crippen molar-refractivity contribution in [1.82, 2.24) is 30.2 Å². The van der Waals surface area contributed by atoms with Crippen molar-refractivity contribution in [3.05, 3.63) is 12.2 Å². The molecular formula is C75H134N6O16S. The topological polar surface area (TPSA) is 298 Å². The molecule has 1 fully saturated rings. The van der Waals surface area contributed by atoms with E-state index in [0.717, 1.165) is 17.1 Å². The fourth-order valence-corrected chi connectivity index (χ4v) is 13.2. The minimum atomic E-state index is -3.70. The minimum absolute atomic E-state index is 0.0221. The van der Waals surface area contributed by atoms with Crippen molar-refractivity contribution >= 4 is 74.5 Å². The van der Waals surface area contributed by atoms with E-state index >= 15 is 0 Å².